The highest BCUT2D eigenvalue weighted by molar-refractivity contribution is 5.99. The quantitative estimate of drug-likeness (QED) is 0.0986. The first-order chi connectivity index (χ1) is 39.9. The molecule has 0 radical (unpaired) electrons. The molecular weight excluding hydrogens is 1030 g/mol. The van der Waals surface area contributed by atoms with E-state index < -0.39 is 47.4 Å². The van der Waals surface area contributed by atoms with Gasteiger partial charge in [0.2, 0.25) is 11.8 Å². The van der Waals surface area contributed by atoms with Gasteiger partial charge in [-0.15, -0.1) is 0 Å². The number of likely N-dealkylation sites (N-methyl/N-ethyl adjacent to an activating group) is 1. The van der Waals surface area contributed by atoms with E-state index in [1.807, 2.05) is 42.5 Å². The van der Waals surface area contributed by atoms with Crippen LogP contribution in [0.25, 0.3) is 0 Å². The number of carbonyl (C=O) groups excluding carboxylic acids is 4. The van der Waals surface area contributed by atoms with Gasteiger partial charge < -0.3 is 40.0 Å². The van der Waals surface area contributed by atoms with Crippen LogP contribution in [0.15, 0.2) is 127 Å². The summed E-state index contributed by atoms with van der Waals surface area (Å²) in [7, 11) is 0. The third kappa shape index (κ3) is 12.1. The van der Waals surface area contributed by atoms with Gasteiger partial charge in [-0.25, -0.2) is 8.78 Å². The largest absolute Gasteiger partial charge is 0.372 e. The third-order valence-corrected chi connectivity index (χ3v) is 17.9. The topological polar surface area (TPSA) is 112 Å². The molecular formula is C68H78F2N8O4. The Kier molecular flexibility index (Phi) is 17.2. The lowest BCUT2D eigenvalue weighted by Gasteiger charge is -2.41. The van der Waals surface area contributed by atoms with Crippen molar-refractivity contribution in [3.8, 4) is 0 Å². The summed E-state index contributed by atoms with van der Waals surface area (Å²) in [5.74, 6) is -3.57. The molecule has 5 fully saturated rings. The molecule has 0 bridgehead atoms. The zero-order chi connectivity index (χ0) is 56.9. The Bertz CT molecular complexity index is 3260. The fraction of sp³-hybridized carbons (Fsp3) is 0.412. The Labute approximate surface area is 482 Å². The normalized spacial score (nSPS) is 20.1. The lowest BCUT2D eigenvalue weighted by molar-refractivity contribution is -0.124. The first kappa shape index (κ1) is 56.1. The van der Waals surface area contributed by atoms with E-state index in [0.717, 1.165) is 117 Å². The van der Waals surface area contributed by atoms with Crippen molar-refractivity contribution in [2.45, 2.75) is 103 Å². The number of hydrogen-bond donors (Lipinski definition) is 2. The van der Waals surface area contributed by atoms with Crippen molar-refractivity contribution in [1.29, 1.82) is 0 Å². The molecule has 5 aliphatic heterocycles. The van der Waals surface area contributed by atoms with Crippen LogP contribution < -0.4 is 30.2 Å². The van der Waals surface area contributed by atoms with Gasteiger partial charge in [0.15, 0.2) is 0 Å². The molecule has 12 nitrogen and oxygen atoms in total. The molecule has 0 spiro atoms. The van der Waals surface area contributed by atoms with Crippen LogP contribution in [-0.2, 0) is 16.0 Å². The fourth-order valence-corrected chi connectivity index (χ4v) is 13.7. The average Bonchev–Trinajstić information content (AvgIpc) is 4.23. The van der Waals surface area contributed by atoms with Gasteiger partial charge in [-0.05, 0) is 192 Å². The van der Waals surface area contributed by atoms with E-state index in [9.17, 15) is 14.4 Å². The lowest BCUT2D eigenvalue weighted by atomic mass is 9.83. The minimum Gasteiger partial charge on any atom is -0.372 e. The van der Waals surface area contributed by atoms with Crippen LogP contribution in [0.1, 0.15) is 132 Å². The molecule has 0 unspecified atom stereocenters. The summed E-state index contributed by atoms with van der Waals surface area (Å²) in [5, 5.41) is 6.60. The average molecular weight is 1110 g/mol. The Morgan fingerprint density at radius 1 is 0.500 bits per heavy atom. The number of benzene rings is 6. The minimum atomic E-state index is -0.671. The van der Waals surface area contributed by atoms with Crippen LogP contribution >= 0.6 is 0 Å². The number of likely N-dealkylation sites (tertiary alicyclic amines) is 2. The van der Waals surface area contributed by atoms with Crippen molar-refractivity contribution in [3.05, 3.63) is 178 Å². The molecule has 428 valence electrons. The zero-order valence-corrected chi connectivity index (χ0v) is 47.9. The van der Waals surface area contributed by atoms with Crippen LogP contribution in [0.2, 0.25) is 0 Å². The molecule has 0 aliphatic carbocycles. The van der Waals surface area contributed by atoms with Crippen molar-refractivity contribution in [1.82, 2.24) is 9.80 Å². The van der Waals surface area contributed by atoms with Crippen molar-refractivity contribution in [3.63, 3.8) is 0 Å². The second kappa shape index (κ2) is 25.2. The molecule has 14 heteroatoms. The van der Waals surface area contributed by atoms with Crippen LogP contribution in [0.5, 0.6) is 0 Å². The van der Waals surface area contributed by atoms with E-state index in [1.54, 1.807) is 47.9 Å². The highest BCUT2D eigenvalue weighted by Gasteiger charge is 2.43. The Hall–Kier alpha value is -7.74. The molecule has 6 aromatic rings. The van der Waals surface area contributed by atoms with Gasteiger partial charge in [0.25, 0.3) is 11.8 Å². The highest BCUT2D eigenvalue weighted by Crippen LogP contribution is 2.42. The molecule has 0 saturated carbocycles. The standard InChI is InChI=1S/C68H78F2N8O4/c1-4-73(53-23-13-20-49(42-53)63-57(26-16-37-77(63)67(81)61-46(2)18-11-28-59(61)69)65(79)71-51-22-15-25-55(44-51)75-33-7-8-34-75)39-30-48-40-52(45-56(41-48)76-35-9-10-36-76)72-66(80)58-27-17-38-78(68(82)62-47(3)19-12-29-60(62)70)64(58)50-21-14-24-54(43-50)74-31-5-6-32-74/h11-15,18-25,28-29,40-45,57-58,63-64H,4-10,16-17,26-27,30-39H2,1-3H3,(H,71,79)(H,72,80)/t57-,58-,63-,64-/m0/s1. The van der Waals surface area contributed by atoms with Crippen LogP contribution in [-0.4, -0.2) is 98.9 Å². The number of nitrogens with one attached hydrogen (secondary N) is 2. The van der Waals surface area contributed by atoms with E-state index in [1.165, 1.54) is 12.1 Å². The van der Waals surface area contributed by atoms with Gasteiger partial charge in [0.1, 0.15) is 11.6 Å². The van der Waals surface area contributed by atoms with Crippen LogP contribution in [0.4, 0.5) is 42.9 Å². The van der Waals surface area contributed by atoms with Crippen molar-refractivity contribution < 1.29 is 28.0 Å². The fourth-order valence-electron chi connectivity index (χ4n) is 13.7. The number of rotatable bonds is 16. The SMILES string of the molecule is CCN(CCc1cc(NC(=O)[C@H]2CCCN(C(=O)c3c(C)cccc3F)[C@H]2c2cccc(N3CCCC3)c2)cc(N2CCCC2)c1)c1cccc([C@H]2[C@@H](C(=O)Nc3cccc(N4CCCC4)c3)CCCN2C(=O)c2c(C)cccc2F)c1. The molecule has 4 atom stereocenters. The lowest BCUT2D eigenvalue weighted by Crippen LogP contribution is -2.47. The number of anilines is 6. The summed E-state index contributed by atoms with van der Waals surface area (Å²) in [5.41, 5.74) is 9.39. The summed E-state index contributed by atoms with van der Waals surface area (Å²) in [6.45, 7) is 13.4. The van der Waals surface area contributed by atoms with Crippen molar-refractivity contribution in [2.24, 2.45) is 11.8 Å². The number of carbonyl (C=O) groups is 4. The molecule has 2 N–H and O–H groups in total. The van der Waals surface area contributed by atoms with Crippen LogP contribution in [0.3, 0.4) is 0 Å². The maximum absolute atomic E-state index is 15.7. The van der Waals surface area contributed by atoms with Gasteiger partial charge in [-0.3, -0.25) is 19.2 Å². The number of aryl methyl sites for hydroxylation is 2. The second-order valence-electron chi connectivity index (χ2n) is 23.3. The number of amides is 4. The Morgan fingerprint density at radius 3 is 1.50 bits per heavy atom. The predicted octanol–water partition coefficient (Wildman–Crippen LogP) is 12.9. The molecule has 82 heavy (non-hydrogen) atoms. The molecule has 11 rings (SSSR count). The van der Waals surface area contributed by atoms with E-state index in [-0.39, 0.29) is 22.9 Å². The second-order valence-corrected chi connectivity index (χ2v) is 23.3. The minimum absolute atomic E-state index is 0.0260. The summed E-state index contributed by atoms with van der Waals surface area (Å²) in [6, 6.07) is 38.8. The van der Waals surface area contributed by atoms with Gasteiger partial charge in [0.05, 0.1) is 35.0 Å². The number of nitrogens with zero attached hydrogens (tertiary/aromatic N) is 6. The van der Waals surface area contributed by atoms with E-state index in [4.69, 9.17) is 0 Å². The smallest absolute Gasteiger partial charge is 0.257 e. The van der Waals surface area contributed by atoms with Gasteiger partial charge in [0, 0.05) is 99.6 Å². The van der Waals surface area contributed by atoms with E-state index >= 15 is 13.6 Å². The molecule has 4 amide bonds. The Balaban J connectivity index is 0.870. The number of hydrogen-bond acceptors (Lipinski definition) is 8. The highest BCUT2D eigenvalue weighted by atomic mass is 19.1. The van der Waals surface area contributed by atoms with Crippen molar-refractivity contribution in [2.75, 3.05) is 95.7 Å². The molecule has 5 saturated heterocycles. The molecule has 5 heterocycles. The van der Waals surface area contributed by atoms with E-state index in [2.05, 4.69) is 85.7 Å². The summed E-state index contributed by atoms with van der Waals surface area (Å²) in [6.07, 6.45) is 9.57. The van der Waals surface area contributed by atoms with Crippen molar-refractivity contribution >= 4 is 57.8 Å². The molecule has 5 aliphatic rings. The maximum atomic E-state index is 15.7. The van der Waals surface area contributed by atoms with E-state index in [0.29, 0.717) is 80.8 Å². The summed E-state index contributed by atoms with van der Waals surface area (Å²) in [4.78, 5) is 72.0. The third-order valence-electron chi connectivity index (χ3n) is 17.9. The first-order valence-electron chi connectivity index (χ1n) is 30.1. The monoisotopic (exact) mass is 1110 g/mol. The van der Waals surface area contributed by atoms with Gasteiger partial charge in [-0.2, -0.15) is 0 Å². The number of halogens is 2. The summed E-state index contributed by atoms with van der Waals surface area (Å²) >= 11 is 0. The zero-order valence-electron chi connectivity index (χ0n) is 47.9. The van der Waals surface area contributed by atoms with Gasteiger partial charge >= 0.3 is 0 Å². The summed E-state index contributed by atoms with van der Waals surface area (Å²) < 4.78 is 31.3. The van der Waals surface area contributed by atoms with Crippen LogP contribution in [0, 0.1) is 37.3 Å². The first-order valence-corrected chi connectivity index (χ1v) is 30.1. The maximum Gasteiger partial charge on any atom is 0.257 e. The number of piperidine rings is 2. The Morgan fingerprint density at radius 2 is 0.963 bits per heavy atom. The molecule has 6 aromatic carbocycles. The molecule has 0 aromatic heterocycles. The predicted molar refractivity (Wildman–Crippen MR) is 324 cm³/mol. The van der Waals surface area contributed by atoms with Gasteiger partial charge in [-0.1, -0.05) is 54.6 Å².